The van der Waals surface area contributed by atoms with Gasteiger partial charge in [-0.3, -0.25) is 105 Å². The molecule has 1 aliphatic heterocycles. The third-order valence-electron chi connectivity index (χ3n) is 24.3. The number of nitrogens with two attached hydrogens (primary N) is 6. The molecule has 53 nitrogen and oxygen atoms in total. The summed E-state index contributed by atoms with van der Waals surface area (Å²) in [6.07, 6.45) is -0.178. The first-order valence-corrected chi connectivity index (χ1v) is 51.8. The molecule has 0 aromatic carbocycles. The molecule has 23 atom stereocenters. The molecule has 0 aromatic heterocycles. The number of likely N-dealkylation sites (tertiary alicyclic amines) is 1. The number of hydrogen-bond acceptors (Lipinski definition) is 33. The molecule has 36 N–H and O–H groups in total. The number of thioether (sulfide) groups is 1. The minimum atomic E-state index is -2.02. The molecular weight excluding hydrogens is 1970 g/mol. The molecule has 1 rings (SSSR count). The van der Waals surface area contributed by atoms with Crippen LogP contribution in [0.25, 0.3) is 0 Å². The summed E-state index contributed by atoms with van der Waals surface area (Å²) in [5, 5.41) is 106. The number of rotatable bonds is 74. The molecule has 0 unspecified atom stereocenters. The zero-order valence-corrected chi connectivity index (χ0v) is 88.4. The summed E-state index contributed by atoms with van der Waals surface area (Å²) < 4.78 is 0. The number of aliphatic carboxylic acids is 1. The Labute approximate surface area is 866 Å². The molecule has 0 bridgehead atoms. The van der Waals surface area contributed by atoms with Crippen LogP contribution in [0.5, 0.6) is 0 Å². The molecule has 0 aromatic rings. The lowest BCUT2D eigenvalue weighted by Crippen LogP contribution is -2.63. The van der Waals surface area contributed by atoms with Crippen molar-refractivity contribution in [1.82, 2.24) is 101 Å². The number of hydrogen-bond donors (Lipinski definition) is 31. The van der Waals surface area contributed by atoms with Crippen LogP contribution in [0.2, 0.25) is 0 Å². The van der Waals surface area contributed by atoms with Crippen LogP contribution in [0.15, 0.2) is 0 Å². The largest absolute Gasteiger partial charge is 0.480 e. The van der Waals surface area contributed by atoms with Gasteiger partial charge in [0.2, 0.25) is 124 Å². The topological polar surface area (TPSA) is 873 Å². The Morgan fingerprint density at radius 3 is 1.06 bits per heavy atom. The van der Waals surface area contributed by atoms with Gasteiger partial charge in [0, 0.05) is 25.1 Å². The third kappa shape index (κ3) is 48.2. The molecule has 0 saturated carbocycles. The molecule has 147 heavy (non-hydrogen) atoms. The Balaban J connectivity index is 3.59. The van der Waals surface area contributed by atoms with Crippen molar-refractivity contribution in [1.29, 1.82) is 0 Å². The summed E-state index contributed by atoms with van der Waals surface area (Å²) in [4.78, 5) is 305. The maximum absolute atomic E-state index is 14.8. The van der Waals surface area contributed by atoms with Gasteiger partial charge < -0.3 is 166 Å². The highest BCUT2D eigenvalue weighted by Gasteiger charge is 2.45. The summed E-state index contributed by atoms with van der Waals surface area (Å²) in [7, 11) is 0. The first kappa shape index (κ1) is 134. The highest BCUT2D eigenvalue weighted by molar-refractivity contribution is 7.98. The monoisotopic (exact) mass is 2130 g/mol. The SMILES string of the molecule is CC[C@H](C)[C@H](NC(=O)[C@H](CCSC)NC(=O)[C@H](CC(C)C)NC(=O)[C@H](CO)NC(=O)[C@@H]1CCCN1C(=O)[C@H](CCCCN)NC(=O)[C@@H](NC(=O)[C@H](CO)NC(=O)[C@H](CCC(N)=O)NC(=O)[C@@H](NC(=O)[C@H](CS)NC(=O)[C@H](CCCCN)NC(=O)[C@H](CC(C)C)NC(=O)[C@@H](NC(=O)[C@H](CO)NC(=O)[C@@H](N)CO)[C@@H](C)CC)C(C)C)[C@@H](C)O)C(=O)N[C@@H](CCC(N)=O)C(=O)N[C@@H](CCCCN)C(=O)N[C@@H](C)C(=O)N[C@@H](C)C(=O)O. The normalized spacial score (nSPS) is 16.9. The van der Waals surface area contributed by atoms with Crippen molar-refractivity contribution in [2.24, 2.45) is 64.0 Å². The van der Waals surface area contributed by atoms with Crippen LogP contribution in [0.1, 0.15) is 218 Å². The van der Waals surface area contributed by atoms with Gasteiger partial charge in [-0.15, -0.1) is 0 Å². The number of aliphatic hydroxyl groups is 5. The maximum Gasteiger partial charge on any atom is 0.325 e. The van der Waals surface area contributed by atoms with Crippen molar-refractivity contribution in [2.75, 3.05) is 70.4 Å². The van der Waals surface area contributed by atoms with E-state index in [9.17, 15) is 136 Å². The number of primary amides is 2. The second kappa shape index (κ2) is 70.6. The molecule has 1 saturated heterocycles. The van der Waals surface area contributed by atoms with Crippen molar-refractivity contribution in [3.05, 3.63) is 0 Å². The Hall–Kier alpha value is -11.3. The number of nitrogens with one attached hydrogen (secondary N) is 18. The van der Waals surface area contributed by atoms with E-state index < -0.39 is 333 Å². The first-order valence-electron chi connectivity index (χ1n) is 49.8. The van der Waals surface area contributed by atoms with Gasteiger partial charge in [-0.1, -0.05) is 82.1 Å². The fourth-order valence-electron chi connectivity index (χ4n) is 15.0. The number of amides is 21. The van der Waals surface area contributed by atoms with Gasteiger partial charge in [-0.2, -0.15) is 24.4 Å². The first-order chi connectivity index (χ1) is 69.2. The molecule has 0 aliphatic carbocycles. The van der Waals surface area contributed by atoms with Crippen molar-refractivity contribution < 1.29 is 136 Å². The number of carbonyl (C=O) groups excluding carboxylic acids is 21. The lowest BCUT2D eigenvalue weighted by Gasteiger charge is -2.31. The highest BCUT2D eigenvalue weighted by atomic mass is 32.2. The van der Waals surface area contributed by atoms with Gasteiger partial charge in [0.25, 0.3) is 0 Å². The summed E-state index contributed by atoms with van der Waals surface area (Å²) in [5.41, 5.74) is 33.9. The number of nitrogens with zero attached hydrogens (tertiary/aromatic N) is 1. The van der Waals surface area contributed by atoms with E-state index in [0.717, 1.165) is 11.8 Å². The third-order valence-corrected chi connectivity index (χ3v) is 25.3. The zero-order valence-electron chi connectivity index (χ0n) is 86.7. The summed E-state index contributed by atoms with van der Waals surface area (Å²) in [5.74, 6) is -25.1. The van der Waals surface area contributed by atoms with Crippen LogP contribution >= 0.6 is 24.4 Å². The summed E-state index contributed by atoms with van der Waals surface area (Å²) in [6, 6.07) is -30.8. The van der Waals surface area contributed by atoms with Gasteiger partial charge in [-0.05, 0) is 185 Å². The second-order valence-electron chi connectivity index (χ2n) is 37.8. The van der Waals surface area contributed by atoms with E-state index in [1.165, 1.54) is 39.5 Å². The van der Waals surface area contributed by atoms with E-state index in [1.54, 1.807) is 61.6 Å². The van der Waals surface area contributed by atoms with Crippen molar-refractivity contribution >= 4 is 154 Å². The molecule has 838 valence electrons. The lowest BCUT2D eigenvalue weighted by atomic mass is 9.96. The fourth-order valence-corrected chi connectivity index (χ4v) is 15.8. The van der Waals surface area contributed by atoms with Crippen LogP contribution < -0.4 is 130 Å². The number of carbonyl (C=O) groups is 22. The Bertz CT molecular complexity index is 4320. The number of carboxylic acid groups (broad SMARTS) is 1. The van der Waals surface area contributed by atoms with E-state index in [1.807, 2.05) is 0 Å². The van der Waals surface area contributed by atoms with Crippen LogP contribution in [0.4, 0.5) is 0 Å². The van der Waals surface area contributed by atoms with Crippen LogP contribution in [0.3, 0.4) is 0 Å². The summed E-state index contributed by atoms with van der Waals surface area (Å²) >= 11 is 5.58. The quantitative estimate of drug-likeness (QED) is 0.0199. The lowest BCUT2D eigenvalue weighted by molar-refractivity contribution is -0.143. The number of unbranched alkanes of at least 4 members (excludes halogenated alkanes) is 3. The minimum Gasteiger partial charge on any atom is -0.480 e. The Morgan fingerprint density at radius 2 is 0.673 bits per heavy atom. The highest BCUT2D eigenvalue weighted by Crippen LogP contribution is 2.23. The van der Waals surface area contributed by atoms with E-state index >= 15 is 0 Å². The van der Waals surface area contributed by atoms with Crippen molar-refractivity contribution in [3.8, 4) is 0 Å². The molecule has 1 fully saturated rings. The molecule has 0 radical (unpaired) electrons. The average molecular weight is 2130 g/mol. The molecule has 1 aliphatic rings. The summed E-state index contributed by atoms with van der Waals surface area (Å²) in [6.45, 7) is 16.4. The zero-order chi connectivity index (χ0) is 112. The van der Waals surface area contributed by atoms with E-state index in [0.29, 0.717) is 19.3 Å². The molecule has 55 heteroatoms. The number of carboxylic acids is 1. The Morgan fingerprint density at radius 1 is 0.361 bits per heavy atom. The number of thiol groups is 1. The van der Waals surface area contributed by atoms with Gasteiger partial charge in [-0.25, -0.2) is 0 Å². The maximum atomic E-state index is 14.8. The van der Waals surface area contributed by atoms with Crippen molar-refractivity contribution in [2.45, 2.75) is 345 Å². The predicted molar refractivity (Wildman–Crippen MR) is 542 cm³/mol. The van der Waals surface area contributed by atoms with Crippen LogP contribution in [-0.2, 0) is 105 Å². The van der Waals surface area contributed by atoms with Gasteiger partial charge in [0.1, 0.15) is 121 Å². The van der Waals surface area contributed by atoms with Crippen molar-refractivity contribution in [3.63, 3.8) is 0 Å². The van der Waals surface area contributed by atoms with Gasteiger partial charge >= 0.3 is 5.97 Å². The van der Waals surface area contributed by atoms with Gasteiger partial charge in [0.05, 0.1) is 32.5 Å². The molecular formula is C92H165N25O28S2. The number of aliphatic hydroxyl groups excluding tert-OH is 5. The van der Waals surface area contributed by atoms with Crippen LogP contribution in [0, 0.1) is 29.6 Å². The van der Waals surface area contributed by atoms with E-state index in [2.05, 4.69) is 108 Å². The second-order valence-corrected chi connectivity index (χ2v) is 39.2. The van der Waals surface area contributed by atoms with E-state index in [-0.39, 0.29) is 127 Å². The van der Waals surface area contributed by atoms with Gasteiger partial charge in [0.15, 0.2) is 0 Å². The minimum absolute atomic E-state index is 0.0141. The predicted octanol–water partition coefficient (Wildman–Crippen LogP) is -10.1. The van der Waals surface area contributed by atoms with E-state index in [4.69, 9.17) is 34.4 Å². The molecule has 1 heterocycles. The smallest absolute Gasteiger partial charge is 0.325 e. The standard InChI is InChI=1S/C92H165N25O28S2/c1-15-48(9)70(88(140)105-56(28-30-67(97)123)77(129)101-54(24-17-20-33-93)75(127)99-50(11)73(125)100-51(12)92(144)145)114-79(131)58(32-37-147-14)103-80(132)60(38-45(3)4)107-82(134)62(41-119)111-86(138)66-27-23-36-117(66)91(143)59(26-19-22-35-95)106-90(142)72(52(13)122)116-84(136)64(43-121)110-78(130)57(29-31-68(98)124)104-87(139)69(47(7)8)113-85(137)65(44-146)112-76(128)55(25-18-21-34-94)102-81(133)61(39-46(5)6)108-89(141)71(49(10)16-2)115-83(135)63(42-120)109-74(126)53(96)40-118/h45-66,69-72,118-122,146H,15-44,93-96H2,1-14H3,(H2,97,123)(H2,98,124)(H,99,127)(H,100,125)(H,101,129)(H,102,133)(H,103,132)(H,104,139)(H,105,140)(H,106,142)(H,107,134)(H,108,141)(H,109,126)(H,110,130)(H,111,138)(H,112,128)(H,113,137)(H,114,131)(H,115,135)(H,116,136)(H,144,145)/t48-,49-,50-,51-,52+,53-,54-,55-,56-,57-,58-,59-,60-,61-,62-,63-,64-,65-,66-,69-,70-,71-,72-/m0/s1. The Kier molecular flexibility index (Phi) is 64.2. The fraction of sp³-hybridized carbons (Fsp3) is 0.761. The van der Waals surface area contributed by atoms with Crippen LogP contribution in [-0.4, -0.2) is 363 Å². The molecule has 0 spiro atoms. The molecule has 21 amide bonds. The average Bonchev–Trinajstić information content (AvgIpc) is 1.78.